The van der Waals surface area contributed by atoms with E-state index in [-0.39, 0.29) is 10.8 Å². The van der Waals surface area contributed by atoms with E-state index in [9.17, 15) is 0 Å². The molecule has 0 saturated carbocycles. The van der Waals surface area contributed by atoms with E-state index in [1.807, 2.05) is 12.3 Å². The van der Waals surface area contributed by atoms with Gasteiger partial charge in [-0.15, -0.1) is 0 Å². The fourth-order valence-corrected chi connectivity index (χ4v) is 5.86. The first kappa shape index (κ1) is 20.2. The van der Waals surface area contributed by atoms with Crippen molar-refractivity contribution in [1.82, 2.24) is 9.97 Å². The Bertz CT molecular complexity index is 1300. The van der Waals surface area contributed by atoms with Crippen LogP contribution in [0.15, 0.2) is 47.0 Å². The Morgan fingerprint density at radius 2 is 1.71 bits per heavy atom. The number of pyridine rings is 2. The minimum Gasteiger partial charge on any atom is -0.461 e. The van der Waals surface area contributed by atoms with Crippen LogP contribution in [0.4, 0.5) is 0 Å². The zero-order chi connectivity index (χ0) is 22.1. The summed E-state index contributed by atoms with van der Waals surface area (Å²) in [5.74, 6) is 1.81. The van der Waals surface area contributed by atoms with E-state index < -0.39 is 0 Å². The molecule has 31 heavy (non-hydrogen) atoms. The molecule has 0 amide bonds. The topological polar surface area (TPSA) is 38.9 Å². The predicted molar refractivity (Wildman–Crippen MR) is 128 cm³/mol. The van der Waals surface area contributed by atoms with E-state index >= 15 is 0 Å². The molecule has 4 aromatic rings. The first-order valence-corrected chi connectivity index (χ1v) is 11.5. The van der Waals surface area contributed by atoms with Crippen LogP contribution in [0.1, 0.15) is 65.5 Å². The summed E-state index contributed by atoms with van der Waals surface area (Å²) in [6.07, 6.45) is 2.77. The SMILES string of the molecule is CC(C)C1(C(C)C)c2nc3ccccc3cc2-c2nccc3oc(CC(C)(C)C)c1c23. The summed E-state index contributed by atoms with van der Waals surface area (Å²) in [5.41, 5.74) is 6.52. The van der Waals surface area contributed by atoms with Crippen molar-refractivity contribution in [3.63, 3.8) is 0 Å². The third-order valence-corrected chi connectivity index (χ3v) is 6.97. The Labute approximate surface area is 184 Å². The summed E-state index contributed by atoms with van der Waals surface area (Å²) in [5, 5.41) is 2.34. The van der Waals surface area contributed by atoms with Crippen LogP contribution in [0.3, 0.4) is 0 Å². The molecule has 3 nitrogen and oxygen atoms in total. The molecular weight excluding hydrogens is 380 g/mol. The number of fused-ring (bicyclic) bond motifs is 3. The molecule has 1 aliphatic rings. The van der Waals surface area contributed by atoms with Gasteiger partial charge >= 0.3 is 0 Å². The number of furan rings is 1. The van der Waals surface area contributed by atoms with Crippen molar-refractivity contribution in [3.8, 4) is 11.3 Å². The molecule has 3 heterocycles. The van der Waals surface area contributed by atoms with Crippen molar-refractivity contribution < 1.29 is 4.42 Å². The maximum Gasteiger partial charge on any atom is 0.138 e. The van der Waals surface area contributed by atoms with Gasteiger partial charge in [0.2, 0.25) is 0 Å². The molecular formula is C28H32N2O. The van der Waals surface area contributed by atoms with E-state index in [0.717, 1.165) is 45.6 Å². The van der Waals surface area contributed by atoms with E-state index in [2.05, 4.69) is 78.8 Å². The third kappa shape index (κ3) is 2.78. The van der Waals surface area contributed by atoms with E-state index in [1.54, 1.807) is 0 Å². The lowest BCUT2D eigenvalue weighted by Gasteiger charge is -2.45. The summed E-state index contributed by atoms with van der Waals surface area (Å²) >= 11 is 0. The van der Waals surface area contributed by atoms with Gasteiger partial charge in [0.15, 0.2) is 0 Å². The van der Waals surface area contributed by atoms with E-state index in [1.165, 1.54) is 10.9 Å². The van der Waals surface area contributed by atoms with Crippen molar-refractivity contribution in [2.45, 2.75) is 60.3 Å². The van der Waals surface area contributed by atoms with Gasteiger partial charge in [-0.05, 0) is 35.4 Å². The van der Waals surface area contributed by atoms with Gasteiger partial charge in [0.25, 0.3) is 0 Å². The second-order valence-electron chi connectivity index (χ2n) is 10.9. The van der Waals surface area contributed by atoms with Crippen molar-refractivity contribution >= 4 is 21.9 Å². The van der Waals surface area contributed by atoms with Crippen LogP contribution in [-0.4, -0.2) is 9.97 Å². The molecule has 0 N–H and O–H groups in total. The fraction of sp³-hybridized carbons (Fsp3) is 0.429. The molecule has 0 unspecified atom stereocenters. The Balaban J connectivity index is 2.00. The van der Waals surface area contributed by atoms with Crippen molar-refractivity contribution in [2.75, 3.05) is 0 Å². The number of nitrogens with zero attached hydrogens (tertiary/aromatic N) is 2. The molecule has 0 radical (unpaired) electrons. The molecule has 0 bridgehead atoms. The van der Waals surface area contributed by atoms with E-state index in [4.69, 9.17) is 14.4 Å². The Hall–Kier alpha value is -2.68. The normalized spacial score (nSPS) is 15.3. The average molecular weight is 413 g/mol. The second kappa shape index (κ2) is 6.66. The maximum absolute atomic E-state index is 6.60. The van der Waals surface area contributed by atoms with Crippen molar-refractivity contribution in [3.05, 3.63) is 59.6 Å². The van der Waals surface area contributed by atoms with Crippen LogP contribution >= 0.6 is 0 Å². The summed E-state index contributed by atoms with van der Waals surface area (Å²) in [4.78, 5) is 10.2. The molecule has 0 aliphatic heterocycles. The van der Waals surface area contributed by atoms with Gasteiger partial charge in [-0.25, -0.2) is 0 Å². The number of hydrogen-bond acceptors (Lipinski definition) is 3. The fourth-order valence-electron chi connectivity index (χ4n) is 5.86. The van der Waals surface area contributed by atoms with Gasteiger partial charge in [-0.3, -0.25) is 9.97 Å². The number of para-hydroxylation sites is 1. The van der Waals surface area contributed by atoms with Crippen molar-refractivity contribution in [1.29, 1.82) is 0 Å². The number of rotatable bonds is 3. The third-order valence-electron chi connectivity index (χ3n) is 6.97. The van der Waals surface area contributed by atoms with Gasteiger partial charge in [0.05, 0.1) is 22.3 Å². The molecule has 160 valence electrons. The highest BCUT2D eigenvalue weighted by atomic mass is 16.3. The molecule has 3 heteroatoms. The predicted octanol–water partition coefficient (Wildman–Crippen LogP) is 7.54. The van der Waals surface area contributed by atoms with Crippen LogP contribution in [0.25, 0.3) is 33.1 Å². The standard InChI is InChI=1S/C28H32N2O/c1-16(2)28(17(3)4)24-22(15-27(5,6)7)31-21-12-13-29-25(23(21)24)19-14-18-10-8-9-11-20(18)30-26(19)28/h8-14,16-17H,15H2,1-7H3. The molecule has 3 aromatic heterocycles. The molecule has 0 atom stereocenters. The Kier molecular flexibility index (Phi) is 4.35. The van der Waals surface area contributed by atoms with Gasteiger partial charge in [-0.2, -0.15) is 0 Å². The summed E-state index contributed by atoms with van der Waals surface area (Å²) in [6.45, 7) is 16.2. The molecule has 1 aliphatic carbocycles. The van der Waals surface area contributed by atoms with Gasteiger partial charge in [0, 0.05) is 34.5 Å². The lowest BCUT2D eigenvalue weighted by atomic mass is 9.58. The second-order valence-corrected chi connectivity index (χ2v) is 10.9. The smallest absolute Gasteiger partial charge is 0.138 e. The van der Waals surface area contributed by atoms with Crippen LogP contribution < -0.4 is 0 Å². The van der Waals surface area contributed by atoms with Crippen LogP contribution in [0.2, 0.25) is 0 Å². The quantitative estimate of drug-likeness (QED) is 0.349. The monoisotopic (exact) mass is 412 g/mol. The molecule has 0 spiro atoms. The molecule has 0 saturated heterocycles. The Morgan fingerprint density at radius 3 is 2.39 bits per heavy atom. The van der Waals surface area contributed by atoms with Gasteiger partial charge < -0.3 is 4.42 Å². The first-order valence-electron chi connectivity index (χ1n) is 11.5. The van der Waals surface area contributed by atoms with Crippen LogP contribution in [-0.2, 0) is 11.8 Å². The minimum absolute atomic E-state index is 0.120. The lowest BCUT2D eigenvalue weighted by molar-refractivity contribution is 0.258. The van der Waals surface area contributed by atoms with Crippen LogP contribution in [0, 0.1) is 17.3 Å². The van der Waals surface area contributed by atoms with E-state index in [0.29, 0.717) is 11.8 Å². The van der Waals surface area contributed by atoms with Gasteiger partial charge in [0.1, 0.15) is 11.3 Å². The highest BCUT2D eigenvalue weighted by molar-refractivity contribution is 6.01. The Morgan fingerprint density at radius 1 is 1.00 bits per heavy atom. The van der Waals surface area contributed by atoms with Crippen LogP contribution in [0.5, 0.6) is 0 Å². The highest BCUT2D eigenvalue weighted by Gasteiger charge is 2.51. The first-order chi connectivity index (χ1) is 14.6. The largest absolute Gasteiger partial charge is 0.461 e. The number of benzene rings is 1. The molecule has 1 aromatic carbocycles. The lowest BCUT2D eigenvalue weighted by Crippen LogP contribution is -2.42. The summed E-state index contributed by atoms with van der Waals surface area (Å²) < 4.78 is 6.60. The number of aromatic nitrogens is 2. The average Bonchev–Trinajstić information content (AvgIpc) is 3.04. The maximum atomic E-state index is 6.60. The van der Waals surface area contributed by atoms with Crippen molar-refractivity contribution in [2.24, 2.45) is 17.3 Å². The minimum atomic E-state index is -0.235. The molecule has 0 fully saturated rings. The number of hydrogen-bond donors (Lipinski definition) is 0. The summed E-state index contributed by atoms with van der Waals surface area (Å²) in [6, 6.07) is 12.7. The molecule has 5 rings (SSSR count). The van der Waals surface area contributed by atoms with Gasteiger partial charge in [-0.1, -0.05) is 66.7 Å². The summed E-state index contributed by atoms with van der Waals surface area (Å²) in [7, 11) is 0. The highest BCUT2D eigenvalue weighted by Crippen LogP contribution is 2.57. The zero-order valence-corrected chi connectivity index (χ0v) is 19.7. The zero-order valence-electron chi connectivity index (χ0n) is 19.7.